The van der Waals surface area contributed by atoms with Crippen molar-refractivity contribution in [3.8, 4) is 5.75 Å². The third-order valence-electron chi connectivity index (χ3n) is 2.90. The van der Waals surface area contributed by atoms with E-state index in [1.807, 2.05) is 54.6 Å². The summed E-state index contributed by atoms with van der Waals surface area (Å²) in [6.45, 7) is 0.507. The second-order valence-electron chi connectivity index (χ2n) is 4.25. The van der Waals surface area contributed by atoms with E-state index in [9.17, 15) is 0 Å². The second kappa shape index (κ2) is 5.29. The minimum Gasteiger partial charge on any atom is -0.487 e. The molecule has 19 heavy (non-hydrogen) atoms. The van der Waals surface area contributed by atoms with Crippen LogP contribution in [-0.4, -0.2) is 4.98 Å². The number of halogens is 1. The van der Waals surface area contributed by atoms with Gasteiger partial charge < -0.3 is 4.74 Å². The van der Waals surface area contributed by atoms with E-state index in [0.29, 0.717) is 6.61 Å². The molecule has 0 N–H and O–H groups in total. The number of ether oxygens (including phenoxy) is 1. The zero-order valence-electron chi connectivity index (χ0n) is 10.2. The molecule has 0 bridgehead atoms. The van der Waals surface area contributed by atoms with Gasteiger partial charge in [-0.05, 0) is 29.8 Å². The molecule has 3 aromatic rings. The van der Waals surface area contributed by atoms with E-state index in [-0.39, 0.29) is 0 Å². The van der Waals surface area contributed by atoms with Crippen LogP contribution in [0, 0.1) is 0 Å². The molecule has 3 heteroatoms. The van der Waals surface area contributed by atoms with Crippen molar-refractivity contribution in [3.05, 3.63) is 71.4 Å². The smallest absolute Gasteiger partial charge is 0.146 e. The number of nitrogens with zero attached hydrogens (tertiary/aromatic N) is 1. The average molecular weight is 270 g/mol. The number of pyridine rings is 1. The van der Waals surface area contributed by atoms with Crippen molar-refractivity contribution in [2.75, 3.05) is 0 Å². The molecule has 0 fully saturated rings. The number of hydrogen-bond acceptors (Lipinski definition) is 2. The molecule has 0 unspecified atom stereocenters. The van der Waals surface area contributed by atoms with Gasteiger partial charge in [-0.15, -0.1) is 0 Å². The molecule has 0 saturated carbocycles. The molecule has 0 atom stereocenters. The van der Waals surface area contributed by atoms with Crippen molar-refractivity contribution in [1.82, 2.24) is 4.98 Å². The van der Waals surface area contributed by atoms with E-state index >= 15 is 0 Å². The average Bonchev–Trinajstić information content (AvgIpc) is 2.47. The first-order valence-corrected chi connectivity index (χ1v) is 6.42. The van der Waals surface area contributed by atoms with E-state index in [2.05, 4.69) is 4.98 Å². The van der Waals surface area contributed by atoms with Crippen molar-refractivity contribution < 1.29 is 4.74 Å². The van der Waals surface area contributed by atoms with Crippen LogP contribution < -0.4 is 4.74 Å². The molecule has 94 valence electrons. The normalized spacial score (nSPS) is 10.6. The van der Waals surface area contributed by atoms with Gasteiger partial charge in [0.25, 0.3) is 0 Å². The Morgan fingerprint density at radius 1 is 0.947 bits per heavy atom. The molecule has 2 aromatic carbocycles. The molecule has 0 saturated heterocycles. The largest absolute Gasteiger partial charge is 0.487 e. The fourth-order valence-electron chi connectivity index (χ4n) is 1.93. The lowest BCUT2D eigenvalue weighted by atomic mass is 10.2. The molecule has 0 spiro atoms. The molecule has 0 aliphatic heterocycles. The van der Waals surface area contributed by atoms with Crippen LogP contribution in [0.2, 0.25) is 5.02 Å². The summed E-state index contributed by atoms with van der Waals surface area (Å²) in [6, 6.07) is 17.5. The van der Waals surface area contributed by atoms with Crippen LogP contribution in [0.25, 0.3) is 10.9 Å². The minimum absolute atomic E-state index is 0.507. The number of hydrogen-bond donors (Lipinski definition) is 0. The number of fused-ring (bicyclic) bond motifs is 1. The first-order valence-electron chi connectivity index (χ1n) is 6.04. The highest BCUT2D eigenvalue weighted by atomic mass is 35.5. The second-order valence-corrected chi connectivity index (χ2v) is 4.68. The Morgan fingerprint density at radius 2 is 1.74 bits per heavy atom. The molecule has 0 amide bonds. The molecule has 3 rings (SSSR count). The van der Waals surface area contributed by atoms with Crippen LogP contribution in [0.15, 0.2) is 60.8 Å². The highest BCUT2D eigenvalue weighted by Crippen LogP contribution is 2.24. The standard InChI is InChI=1S/C16H12ClNO/c17-14-8-6-12(7-9-14)11-19-15-5-1-3-13-4-2-10-18-16(13)15/h1-10H,11H2. The van der Waals surface area contributed by atoms with Gasteiger partial charge in [-0.2, -0.15) is 0 Å². The maximum Gasteiger partial charge on any atom is 0.146 e. The first kappa shape index (κ1) is 12.0. The van der Waals surface area contributed by atoms with Gasteiger partial charge in [0.1, 0.15) is 17.9 Å². The number of para-hydroxylation sites is 1. The van der Waals surface area contributed by atoms with Crippen molar-refractivity contribution in [2.45, 2.75) is 6.61 Å². The molecule has 2 nitrogen and oxygen atoms in total. The molecule has 0 radical (unpaired) electrons. The highest BCUT2D eigenvalue weighted by Gasteiger charge is 2.03. The number of aromatic nitrogens is 1. The Hall–Kier alpha value is -2.06. The SMILES string of the molecule is Clc1ccc(COc2cccc3cccnc23)cc1. The lowest BCUT2D eigenvalue weighted by molar-refractivity contribution is 0.309. The Bertz CT molecular complexity index is 689. The molecule has 0 aliphatic rings. The molecule has 1 aromatic heterocycles. The minimum atomic E-state index is 0.507. The van der Waals surface area contributed by atoms with E-state index in [0.717, 1.165) is 27.2 Å². The summed E-state index contributed by atoms with van der Waals surface area (Å²) in [7, 11) is 0. The predicted octanol–water partition coefficient (Wildman–Crippen LogP) is 4.47. The van der Waals surface area contributed by atoms with Crippen LogP contribution >= 0.6 is 11.6 Å². The summed E-state index contributed by atoms with van der Waals surface area (Å²) >= 11 is 5.86. The lowest BCUT2D eigenvalue weighted by Gasteiger charge is -2.08. The molecular formula is C16H12ClNO. The summed E-state index contributed by atoms with van der Waals surface area (Å²) in [5, 5.41) is 1.81. The first-order chi connectivity index (χ1) is 9.33. The van der Waals surface area contributed by atoms with E-state index in [1.54, 1.807) is 6.20 Å². The van der Waals surface area contributed by atoms with Gasteiger partial charge in [0.05, 0.1) is 0 Å². The van der Waals surface area contributed by atoms with Gasteiger partial charge in [-0.3, -0.25) is 4.98 Å². The number of benzene rings is 2. The van der Waals surface area contributed by atoms with Gasteiger partial charge in [0.15, 0.2) is 0 Å². The van der Waals surface area contributed by atoms with Gasteiger partial charge in [0, 0.05) is 16.6 Å². The van der Waals surface area contributed by atoms with Crippen LogP contribution in [-0.2, 0) is 6.61 Å². The van der Waals surface area contributed by atoms with E-state index in [4.69, 9.17) is 16.3 Å². The van der Waals surface area contributed by atoms with Crippen LogP contribution in [0.1, 0.15) is 5.56 Å². The lowest BCUT2D eigenvalue weighted by Crippen LogP contribution is -1.96. The van der Waals surface area contributed by atoms with Crippen molar-refractivity contribution in [1.29, 1.82) is 0 Å². The predicted molar refractivity (Wildman–Crippen MR) is 77.5 cm³/mol. The van der Waals surface area contributed by atoms with Crippen LogP contribution in [0.4, 0.5) is 0 Å². The van der Waals surface area contributed by atoms with Gasteiger partial charge >= 0.3 is 0 Å². The summed E-state index contributed by atoms with van der Waals surface area (Å²) < 4.78 is 5.84. The monoisotopic (exact) mass is 269 g/mol. The fourth-order valence-corrected chi connectivity index (χ4v) is 2.06. The summed E-state index contributed by atoms with van der Waals surface area (Å²) in [5.74, 6) is 0.799. The Morgan fingerprint density at radius 3 is 2.58 bits per heavy atom. The Balaban J connectivity index is 1.84. The van der Waals surface area contributed by atoms with Crippen LogP contribution in [0.3, 0.4) is 0 Å². The summed E-state index contributed by atoms with van der Waals surface area (Å²) in [5.41, 5.74) is 1.97. The zero-order chi connectivity index (χ0) is 13.1. The third kappa shape index (κ3) is 2.69. The molecule has 1 heterocycles. The summed E-state index contributed by atoms with van der Waals surface area (Å²) in [6.07, 6.45) is 1.78. The topological polar surface area (TPSA) is 22.1 Å². The van der Waals surface area contributed by atoms with E-state index in [1.165, 1.54) is 0 Å². The van der Waals surface area contributed by atoms with Crippen molar-refractivity contribution in [2.24, 2.45) is 0 Å². The Labute approximate surface area is 116 Å². The van der Waals surface area contributed by atoms with Gasteiger partial charge in [0.2, 0.25) is 0 Å². The van der Waals surface area contributed by atoms with Gasteiger partial charge in [-0.25, -0.2) is 0 Å². The Kier molecular flexibility index (Phi) is 3.34. The molecular weight excluding hydrogens is 258 g/mol. The maximum atomic E-state index is 5.86. The number of rotatable bonds is 3. The summed E-state index contributed by atoms with van der Waals surface area (Å²) in [4.78, 5) is 4.36. The fraction of sp³-hybridized carbons (Fsp3) is 0.0625. The van der Waals surface area contributed by atoms with Crippen molar-refractivity contribution in [3.63, 3.8) is 0 Å². The van der Waals surface area contributed by atoms with Crippen molar-refractivity contribution >= 4 is 22.5 Å². The van der Waals surface area contributed by atoms with Crippen LogP contribution in [0.5, 0.6) is 5.75 Å². The highest BCUT2D eigenvalue weighted by molar-refractivity contribution is 6.30. The van der Waals surface area contributed by atoms with E-state index < -0.39 is 0 Å². The maximum absolute atomic E-state index is 5.86. The third-order valence-corrected chi connectivity index (χ3v) is 3.16. The molecule has 0 aliphatic carbocycles. The van der Waals surface area contributed by atoms with Gasteiger partial charge in [-0.1, -0.05) is 41.9 Å². The zero-order valence-corrected chi connectivity index (χ0v) is 11.0. The quantitative estimate of drug-likeness (QED) is 0.700.